The monoisotopic (exact) mass is 400 g/mol. The number of hydrogen-bond acceptors (Lipinski definition) is 4. The van der Waals surface area contributed by atoms with Crippen LogP contribution in [0.3, 0.4) is 0 Å². The summed E-state index contributed by atoms with van der Waals surface area (Å²) in [6.07, 6.45) is 4.22. The highest BCUT2D eigenvalue weighted by molar-refractivity contribution is 5.85. The minimum atomic E-state index is 0. The number of methoxy groups -OCH3 is 1. The van der Waals surface area contributed by atoms with Gasteiger partial charge < -0.3 is 15.0 Å². The molecule has 0 bridgehead atoms. The molecule has 0 saturated carbocycles. The van der Waals surface area contributed by atoms with Crippen molar-refractivity contribution in [3.8, 4) is 5.75 Å². The van der Waals surface area contributed by atoms with Gasteiger partial charge in [-0.25, -0.2) is 0 Å². The lowest BCUT2D eigenvalue weighted by Gasteiger charge is -2.37. The Balaban J connectivity index is 0.00000169. The molecule has 2 aromatic rings. The van der Waals surface area contributed by atoms with Gasteiger partial charge in [0.2, 0.25) is 5.91 Å². The molecule has 6 nitrogen and oxygen atoms in total. The fourth-order valence-electron chi connectivity index (χ4n) is 3.17. The quantitative estimate of drug-likeness (QED) is 0.837. The van der Waals surface area contributed by atoms with Crippen molar-refractivity contribution in [1.29, 1.82) is 0 Å². The van der Waals surface area contributed by atoms with Gasteiger partial charge in [0, 0.05) is 44.4 Å². The maximum absolute atomic E-state index is 12.8. The van der Waals surface area contributed by atoms with E-state index in [4.69, 9.17) is 4.74 Å². The molecule has 144 valence electrons. The summed E-state index contributed by atoms with van der Waals surface area (Å²) in [7, 11) is 1.67. The Bertz CT molecular complexity index is 708. The second-order valence-electron chi connectivity index (χ2n) is 6.08. The number of halogens is 2. The molecular formula is C18H26Cl2N4O2. The van der Waals surface area contributed by atoms with Crippen molar-refractivity contribution < 1.29 is 9.53 Å². The van der Waals surface area contributed by atoms with E-state index in [0.717, 1.165) is 30.0 Å². The summed E-state index contributed by atoms with van der Waals surface area (Å²) in [5.41, 5.74) is 2.16. The molecular weight excluding hydrogens is 375 g/mol. The Kier molecular flexibility index (Phi) is 8.92. The number of rotatable bonds is 5. The number of aromatic nitrogens is 2. The number of nitrogens with one attached hydrogen (secondary N) is 1. The minimum Gasteiger partial charge on any atom is -0.496 e. The van der Waals surface area contributed by atoms with Crippen molar-refractivity contribution in [3.63, 3.8) is 0 Å². The summed E-state index contributed by atoms with van der Waals surface area (Å²) in [4.78, 5) is 14.7. The molecule has 0 radical (unpaired) electrons. The highest BCUT2D eigenvalue weighted by atomic mass is 35.5. The van der Waals surface area contributed by atoms with E-state index in [1.54, 1.807) is 7.11 Å². The van der Waals surface area contributed by atoms with Crippen molar-refractivity contribution in [2.24, 2.45) is 0 Å². The number of nitrogens with zero attached hydrogens (tertiary/aromatic N) is 3. The van der Waals surface area contributed by atoms with Gasteiger partial charge in [-0.3, -0.25) is 9.48 Å². The van der Waals surface area contributed by atoms with Crippen molar-refractivity contribution in [2.45, 2.75) is 25.9 Å². The molecule has 8 heteroatoms. The molecule has 1 aromatic carbocycles. The molecule has 1 fully saturated rings. The Morgan fingerprint density at radius 3 is 2.81 bits per heavy atom. The third-order valence-electron chi connectivity index (χ3n) is 4.38. The lowest BCUT2D eigenvalue weighted by molar-refractivity contribution is -0.134. The van der Waals surface area contributed by atoms with Gasteiger partial charge in [0.1, 0.15) is 5.75 Å². The number of benzene rings is 1. The van der Waals surface area contributed by atoms with Crippen LogP contribution in [-0.2, 0) is 11.3 Å². The Morgan fingerprint density at radius 1 is 1.35 bits per heavy atom. The number of amides is 1. The summed E-state index contributed by atoms with van der Waals surface area (Å²) in [5.74, 6) is 0.979. The summed E-state index contributed by atoms with van der Waals surface area (Å²) >= 11 is 0. The number of ether oxygens (including phenoxy) is 1. The molecule has 1 saturated heterocycles. The zero-order valence-corrected chi connectivity index (χ0v) is 16.7. The highest BCUT2D eigenvalue weighted by Crippen LogP contribution is 2.30. The maximum atomic E-state index is 12.8. The van der Waals surface area contributed by atoms with Crippen molar-refractivity contribution >= 4 is 30.7 Å². The van der Waals surface area contributed by atoms with E-state index < -0.39 is 0 Å². The third-order valence-corrected chi connectivity index (χ3v) is 4.38. The van der Waals surface area contributed by atoms with Crippen LogP contribution in [0.5, 0.6) is 5.75 Å². The molecule has 0 aliphatic carbocycles. The van der Waals surface area contributed by atoms with Crippen LogP contribution >= 0.6 is 24.8 Å². The van der Waals surface area contributed by atoms with Crippen LogP contribution in [0.2, 0.25) is 0 Å². The summed E-state index contributed by atoms with van der Waals surface area (Å²) in [6.45, 7) is 4.87. The van der Waals surface area contributed by atoms with Gasteiger partial charge in [0.05, 0.1) is 19.3 Å². The van der Waals surface area contributed by atoms with E-state index in [2.05, 4.69) is 10.4 Å². The van der Waals surface area contributed by atoms with Gasteiger partial charge in [-0.05, 0) is 18.6 Å². The predicted molar refractivity (Wildman–Crippen MR) is 106 cm³/mol. The first-order valence-electron chi connectivity index (χ1n) is 8.31. The minimum absolute atomic E-state index is 0. The number of carbonyl (C=O) groups excluding carboxylic acids is 1. The normalized spacial score (nSPS) is 16.4. The van der Waals surface area contributed by atoms with Gasteiger partial charge in [0.15, 0.2) is 0 Å². The topological polar surface area (TPSA) is 59.4 Å². The summed E-state index contributed by atoms with van der Waals surface area (Å²) in [5, 5.41) is 7.63. The second kappa shape index (κ2) is 10.4. The lowest BCUT2D eigenvalue weighted by Crippen LogP contribution is -2.49. The predicted octanol–water partition coefficient (Wildman–Crippen LogP) is 2.61. The van der Waals surface area contributed by atoms with E-state index in [1.807, 2.05) is 53.2 Å². The van der Waals surface area contributed by atoms with Crippen molar-refractivity contribution in [1.82, 2.24) is 20.0 Å². The largest absolute Gasteiger partial charge is 0.496 e. The fraction of sp³-hybridized carbons (Fsp3) is 0.444. The average molecular weight is 401 g/mol. The molecule has 0 spiro atoms. The molecule has 1 N–H and O–H groups in total. The van der Waals surface area contributed by atoms with Crippen LogP contribution in [0.1, 0.15) is 23.6 Å². The fourth-order valence-corrected chi connectivity index (χ4v) is 3.17. The lowest BCUT2D eigenvalue weighted by atomic mass is 10.0. The Hall–Kier alpha value is -1.76. The molecule has 1 aliphatic rings. The molecule has 3 rings (SSSR count). The smallest absolute Gasteiger partial charge is 0.225 e. The van der Waals surface area contributed by atoms with Crippen molar-refractivity contribution in [2.75, 3.05) is 26.7 Å². The Morgan fingerprint density at radius 2 is 2.12 bits per heavy atom. The number of carbonyl (C=O) groups is 1. The molecule has 1 amide bonds. The molecule has 26 heavy (non-hydrogen) atoms. The Labute approximate surface area is 166 Å². The van der Waals surface area contributed by atoms with Crippen LogP contribution in [0.15, 0.2) is 36.7 Å². The van der Waals surface area contributed by atoms with Gasteiger partial charge in [-0.1, -0.05) is 18.2 Å². The van der Waals surface area contributed by atoms with Gasteiger partial charge in [0.25, 0.3) is 0 Å². The zero-order chi connectivity index (χ0) is 16.9. The first-order valence-corrected chi connectivity index (χ1v) is 8.31. The van der Waals surface area contributed by atoms with E-state index in [-0.39, 0.29) is 36.8 Å². The van der Waals surface area contributed by atoms with Gasteiger partial charge in [-0.2, -0.15) is 5.10 Å². The first kappa shape index (κ1) is 22.3. The zero-order valence-electron chi connectivity index (χ0n) is 15.1. The van der Waals surface area contributed by atoms with Crippen LogP contribution < -0.4 is 10.1 Å². The van der Waals surface area contributed by atoms with Crippen LogP contribution in [0, 0.1) is 6.92 Å². The van der Waals surface area contributed by atoms with E-state index in [0.29, 0.717) is 19.5 Å². The van der Waals surface area contributed by atoms with E-state index in [1.165, 1.54) is 0 Å². The number of para-hydroxylation sites is 1. The van der Waals surface area contributed by atoms with Crippen LogP contribution in [0.4, 0.5) is 0 Å². The van der Waals surface area contributed by atoms with Gasteiger partial charge >= 0.3 is 0 Å². The molecule has 1 unspecified atom stereocenters. The highest BCUT2D eigenvalue weighted by Gasteiger charge is 2.29. The second-order valence-corrected chi connectivity index (χ2v) is 6.08. The molecule has 1 aliphatic heterocycles. The number of aryl methyl sites for hydroxylation is 2. The maximum Gasteiger partial charge on any atom is 0.225 e. The van der Waals surface area contributed by atoms with Crippen LogP contribution in [-0.4, -0.2) is 47.3 Å². The first-order chi connectivity index (χ1) is 11.7. The standard InChI is InChI=1S/C18H24N4O2.2ClH/c1-14-11-20-21(13-14)9-7-18(23)22-10-8-19-12-16(22)15-5-3-4-6-17(15)24-2;;/h3-6,11,13,16,19H,7-10,12H2,1-2H3;2*1H. The average Bonchev–Trinajstić information content (AvgIpc) is 3.05. The summed E-state index contributed by atoms with van der Waals surface area (Å²) in [6, 6.07) is 7.92. The van der Waals surface area contributed by atoms with E-state index >= 15 is 0 Å². The van der Waals surface area contributed by atoms with Gasteiger partial charge in [-0.15, -0.1) is 24.8 Å². The SMILES string of the molecule is COc1ccccc1C1CNCCN1C(=O)CCn1cc(C)cn1.Cl.Cl. The van der Waals surface area contributed by atoms with E-state index in [9.17, 15) is 4.79 Å². The van der Waals surface area contributed by atoms with Crippen molar-refractivity contribution in [3.05, 3.63) is 47.8 Å². The summed E-state index contributed by atoms with van der Waals surface area (Å²) < 4.78 is 7.31. The molecule has 1 aromatic heterocycles. The number of hydrogen-bond donors (Lipinski definition) is 1. The molecule has 1 atom stereocenters. The third kappa shape index (κ3) is 5.13. The molecule has 2 heterocycles. The number of piperazine rings is 1. The van der Waals surface area contributed by atoms with Crippen LogP contribution in [0.25, 0.3) is 0 Å².